The van der Waals surface area contributed by atoms with Gasteiger partial charge in [0.25, 0.3) is 0 Å². The zero-order chi connectivity index (χ0) is 13.2. The van der Waals surface area contributed by atoms with Gasteiger partial charge in [-0.1, -0.05) is 12.1 Å². The maximum Gasteiger partial charge on any atom is 0.192 e. The van der Waals surface area contributed by atoms with Crippen molar-refractivity contribution in [3.63, 3.8) is 0 Å². The molecule has 1 aromatic carbocycles. The third-order valence-electron chi connectivity index (χ3n) is 2.77. The summed E-state index contributed by atoms with van der Waals surface area (Å²) in [6.07, 6.45) is 0. The number of nitriles is 1. The monoisotopic (exact) mass is 247 g/mol. The minimum Gasteiger partial charge on any atom is -0.345 e. The van der Waals surface area contributed by atoms with E-state index in [-0.39, 0.29) is 0 Å². The van der Waals surface area contributed by atoms with Crippen molar-refractivity contribution in [2.24, 2.45) is 0 Å². The average Bonchev–Trinajstić information content (AvgIpc) is 2.62. The Morgan fingerprint density at radius 2 is 1.94 bits per heavy atom. The van der Waals surface area contributed by atoms with Gasteiger partial charge in [0.05, 0.1) is 18.2 Å². The van der Waals surface area contributed by atoms with Crippen molar-refractivity contribution in [2.45, 2.75) is 39.0 Å². The summed E-state index contributed by atoms with van der Waals surface area (Å²) in [7, 11) is 0. The van der Waals surface area contributed by atoms with Crippen molar-refractivity contribution in [2.75, 3.05) is 6.61 Å². The number of rotatable bonds is 3. The van der Waals surface area contributed by atoms with Crippen LogP contribution >= 0.6 is 0 Å². The fraction of sp³-hybridized carbons (Fsp3) is 0.500. The number of hydrogen-bond donors (Lipinski definition) is 0. The molecular formula is C14H17NO3. The lowest BCUT2D eigenvalue weighted by molar-refractivity contribution is -0.248. The summed E-state index contributed by atoms with van der Waals surface area (Å²) < 4.78 is 17.0. The van der Waals surface area contributed by atoms with Crippen LogP contribution in [0.2, 0.25) is 0 Å². The van der Waals surface area contributed by atoms with Gasteiger partial charge in [-0.2, -0.15) is 5.26 Å². The average molecular weight is 247 g/mol. The molecule has 0 bridgehead atoms. The first-order chi connectivity index (χ1) is 8.42. The molecule has 0 aromatic heterocycles. The second kappa shape index (κ2) is 4.69. The highest BCUT2D eigenvalue weighted by Crippen LogP contribution is 2.32. The molecule has 1 saturated heterocycles. The van der Waals surface area contributed by atoms with Crippen LogP contribution in [0.3, 0.4) is 0 Å². The van der Waals surface area contributed by atoms with E-state index in [0.29, 0.717) is 18.8 Å². The SMILES string of the molecule is CC1(C)OC[C@@](C)(OCc2ccc(C#N)cc2)O1. The van der Waals surface area contributed by atoms with Gasteiger partial charge in [-0.3, -0.25) is 0 Å². The summed E-state index contributed by atoms with van der Waals surface area (Å²) >= 11 is 0. The van der Waals surface area contributed by atoms with Crippen molar-refractivity contribution in [3.8, 4) is 6.07 Å². The molecule has 0 aliphatic carbocycles. The molecule has 0 radical (unpaired) electrons. The third-order valence-corrected chi connectivity index (χ3v) is 2.77. The zero-order valence-electron chi connectivity index (χ0n) is 10.9. The molecule has 4 heteroatoms. The highest BCUT2D eigenvalue weighted by molar-refractivity contribution is 5.31. The Morgan fingerprint density at radius 3 is 2.44 bits per heavy atom. The first-order valence-electron chi connectivity index (χ1n) is 5.90. The van der Waals surface area contributed by atoms with Gasteiger partial charge < -0.3 is 14.2 Å². The second-order valence-electron chi connectivity index (χ2n) is 5.02. The summed E-state index contributed by atoms with van der Waals surface area (Å²) in [6.45, 7) is 6.44. The molecule has 1 aromatic rings. The number of benzene rings is 1. The summed E-state index contributed by atoms with van der Waals surface area (Å²) in [5.74, 6) is -1.31. The maximum absolute atomic E-state index is 8.71. The van der Waals surface area contributed by atoms with Gasteiger partial charge in [0.2, 0.25) is 0 Å². The van der Waals surface area contributed by atoms with Crippen molar-refractivity contribution in [1.29, 1.82) is 5.26 Å². The van der Waals surface area contributed by atoms with Crippen LogP contribution in [0.5, 0.6) is 0 Å². The second-order valence-corrected chi connectivity index (χ2v) is 5.02. The molecule has 4 nitrogen and oxygen atoms in total. The predicted octanol–water partition coefficient (Wildman–Crippen LogP) is 2.57. The lowest BCUT2D eigenvalue weighted by atomic mass is 10.1. The molecular weight excluding hydrogens is 230 g/mol. The van der Waals surface area contributed by atoms with Gasteiger partial charge in [0.15, 0.2) is 11.6 Å². The van der Waals surface area contributed by atoms with Crippen LogP contribution in [-0.2, 0) is 20.8 Å². The molecule has 1 aliphatic heterocycles. The third kappa shape index (κ3) is 3.08. The number of ether oxygens (including phenoxy) is 3. The van der Waals surface area contributed by atoms with Crippen molar-refractivity contribution < 1.29 is 14.2 Å². The van der Waals surface area contributed by atoms with Crippen LogP contribution in [0.25, 0.3) is 0 Å². The maximum atomic E-state index is 8.71. The van der Waals surface area contributed by atoms with Crippen LogP contribution in [-0.4, -0.2) is 18.2 Å². The van der Waals surface area contributed by atoms with Crippen LogP contribution in [0.4, 0.5) is 0 Å². The molecule has 96 valence electrons. The summed E-state index contributed by atoms with van der Waals surface area (Å²) in [5, 5.41) is 8.71. The summed E-state index contributed by atoms with van der Waals surface area (Å²) in [6, 6.07) is 9.39. The molecule has 0 saturated carbocycles. The zero-order valence-corrected chi connectivity index (χ0v) is 10.9. The largest absolute Gasteiger partial charge is 0.345 e. The van der Waals surface area contributed by atoms with Gasteiger partial charge >= 0.3 is 0 Å². The summed E-state index contributed by atoms with van der Waals surface area (Å²) in [4.78, 5) is 0. The number of nitrogens with zero attached hydrogens (tertiary/aromatic N) is 1. The topological polar surface area (TPSA) is 51.5 Å². The Kier molecular flexibility index (Phi) is 3.40. The van der Waals surface area contributed by atoms with Crippen LogP contribution in [0.1, 0.15) is 31.9 Å². The van der Waals surface area contributed by atoms with E-state index in [1.807, 2.05) is 32.9 Å². The van der Waals surface area contributed by atoms with Gasteiger partial charge in [-0.05, 0) is 38.5 Å². The Labute approximate surface area is 107 Å². The van der Waals surface area contributed by atoms with Crippen molar-refractivity contribution >= 4 is 0 Å². The molecule has 0 N–H and O–H groups in total. The molecule has 0 spiro atoms. The normalized spacial score (nSPS) is 25.9. The van der Waals surface area contributed by atoms with E-state index in [0.717, 1.165) is 5.56 Å². The van der Waals surface area contributed by atoms with E-state index in [1.165, 1.54) is 0 Å². The molecule has 1 aliphatic rings. The minimum atomic E-state index is -0.711. The van der Waals surface area contributed by atoms with E-state index >= 15 is 0 Å². The Hall–Kier alpha value is -1.41. The van der Waals surface area contributed by atoms with E-state index in [1.54, 1.807) is 12.1 Å². The Bertz CT molecular complexity index is 461. The van der Waals surface area contributed by atoms with Gasteiger partial charge in [-0.25, -0.2) is 0 Å². The molecule has 1 atom stereocenters. The van der Waals surface area contributed by atoms with E-state index in [2.05, 4.69) is 6.07 Å². The Morgan fingerprint density at radius 1 is 1.28 bits per heavy atom. The predicted molar refractivity (Wildman–Crippen MR) is 65.5 cm³/mol. The summed E-state index contributed by atoms with van der Waals surface area (Å²) in [5.41, 5.74) is 1.65. The molecule has 0 unspecified atom stereocenters. The van der Waals surface area contributed by atoms with Gasteiger partial charge in [0, 0.05) is 0 Å². The van der Waals surface area contributed by atoms with E-state index in [9.17, 15) is 0 Å². The molecule has 1 fully saturated rings. The minimum absolute atomic E-state index is 0.413. The van der Waals surface area contributed by atoms with E-state index in [4.69, 9.17) is 19.5 Å². The molecule has 18 heavy (non-hydrogen) atoms. The number of hydrogen-bond acceptors (Lipinski definition) is 4. The molecule has 1 heterocycles. The lowest BCUT2D eigenvalue weighted by Crippen LogP contribution is -2.33. The van der Waals surface area contributed by atoms with Crippen LogP contribution < -0.4 is 0 Å². The standard InChI is InChI=1S/C14H17NO3/c1-13(2)17-10-14(3,18-13)16-9-12-6-4-11(8-15)5-7-12/h4-7H,9-10H2,1-3H3/t14-/m0/s1. The Balaban J connectivity index is 1.93. The highest BCUT2D eigenvalue weighted by atomic mass is 16.8. The quantitative estimate of drug-likeness (QED) is 0.823. The van der Waals surface area contributed by atoms with Crippen LogP contribution in [0.15, 0.2) is 24.3 Å². The van der Waals surface area contributed by atoms with Crippen molar-refractivity contribution in [1.82, 2.24) is 0 Å². The van der Waals surface area contributed by atoms with Gasteiger partial charge in [-0.15, -0.1) is 0 Å². The first-order valence-corrected chi connectivity index (χ1v) is 5.90. The lowest BCUT2D eigenvalue weighted by Gasteiger charge is -2.25. The first kappa shape index (κ1) is 13.0. The highest BCUT2D eigenvalue weighted by Gasteiger charge is 2.42. The molecule has 2 rings (SSSR count). The fourth-order valence-corrected chi connectivity index (χ4v) is 1.87. The van der Waals surface area contributed by atoms with Gasteiger partial charge in [0.1, 0.15) is 6.61 Å². The van der Waals surface area contributed by atoms with Crippen molar-refractivity contribution in [3.05, 3.63) is 35.4 Å². The smallest absolute Gasteiger partial charge is 0.192 e. The van der Waals surface area contributed by atoms with Crippen LogP contribution in [0, 0.1) is 11.3 Å². The fourth-order valence-electron chi connectivity index (χ4n) is 1.87. The van der Waals surface area contributed by atoms with E-state index < -0.39 is 11.6 Å². The molecule has 0 amide bonds.